The average Bonchev–Trinajstić information content (AvgIpc) is 2.41. The molecule has 0 saturated carbocycles. The Hall–Kier alpha value is -2.08. The first-order valence-electron chi connectivity index (χ1n) is 6.55. The Morgan fingerprint density at radius 2 is 2.15 bits per heavy atom. The zero-order valence-corrected chi connectivity index (χ0v) is 11.3. The number of amides is 1. The summed E-state index contributed by atoms with van der Waals surface area (Å²) in [4.78, 5) is 24.3. The summed E-state index contributed by atoms with van der Waals surface area (Å²) >= 11 is 0. The Kier molecular flexibility index (Phi) is 4.57. The molecule has 1 unspecified atom stereocenters. The van der Waals surface area contributed by atoms with E-state index < -0.39 is 12.0 Å². The third-order valence-electron chi connectivity index (χ3n) is 3.19. The van der Waals surface area contributed by atoms with Crippen LogP contribution in [0.2, 0.25) is 0 Å². The lowest BCUT2D eigenvalue weighted by Gasteiger charge is -2.32. The maximum Gasteiger partial charge on any atom is 0.322 e. The number of hydrogen-bond donors (Lipinski definition) is 2. The second-order valence-corrected chi connectivity index (χ2v) is 4.64. The molecule has 0 spiro atoms. The van der Waals surface area contributed by atoms with Gasteiger partial charge >= 0.3 is 5.97 Å². The normalized spacial score (nSPS) is 19.4. The third-order valence-corrected chi connectivity index (χ3v) is 3.19. The molecule has 20 heavy (non-hydrogen) atoms. The molecule has 1 amide bonds. The van der Waals surface area contributed by atoms with Crippen LogP contribution in [0.1, 0.15) is 12.5 Å². The molecule has 0 aromatic heterocycles. The quantitative estimate of drug-likeness (QED) is 0.818. The van der Waals surface area contributed by atoms with Crippen molar-refractivity contribution in [3.8, 4) is 5.75 Å². The maximum atomic E-state index is 11.4. The van der Waals surface area contributed by atoms with Crippen molar-refractivity contribution in [2.75, 3.05) is 19.7 Å². The number of ether oxygens (including phenoxy) is 1. The molecule has 1 heterocycles. The number of aliphatic carboxylic acids is 1. The van der Waals surface area contributed by atoms with Crippen LogP contribution < -0.4 is 10.1 Å². The minimum absolute atomic E-state index is 0.101. The summed E-state index contributed by atoms with van der Waals surface area (Å²) in [6, 6.07) is 6.78. The third kappa shape index (κ3) is 3.48. The van der Waals surface area contributed by atoms with Crippen molar-refractivity contribution in [1.29, 1.82) is 0 Å². The van der Waals surface area contributed by atoms with Crippen LogP contribution >= 0.6 is 0 Å². The van der Waals surface area contributed by atoms with E-state index >= 15 is 0 Å². The fourth-order valence-corrected chi connectivity index (χ4v) is 2.19. The molecule has 6 heteroatoms. The summed E-state index contributed by atoms with van der Waals surface area (Å²) in [5.41, 5.74) is 0.953. The summed E-state index contributed by atoms with van der Waals surface area (Å²) in [5, 5.41) is 11.7. The van der Waals surface area contributed by atoms with E-state index in [1.165, 1.54) is 0 Å². The molecular formula is C14H18N2O4. The van der Waals surface area contributed by atoms with E-state index in [1.54, 1.807) is 4.90 Å². The number of hydrogen-bond acceptors (Lipinski definition) is 4. The van der Waals surface area contributed by atoms with Gasteiger partial charge in [0.15, 0.2) is 0 Å². The van der Waals surface area contributed by atoms with Crippen LogP contribution in [0.15, 0.2) is 24.3 Å². The summed E-state index contributed by atoms with van der Waals surface area (Å²) in [7, 11) is 0. The monoisotopic (exact) mass is 278 g/mol. The molecule has 1 aliphatic heterocycles. The van der Waals surface area contributed by atoms with Gasteiger partial charge in [-0.05, 0) is 24.6 Å². The first kappa shape index (κ1) is 14.3. The van der Waals surface area contributed by atoms with Gasteiger partial charge in [0, 0.05) is 13.1 Å². The number of nitrogens with one attached hydrogen (secondary N) is 1. The van der Waals surface area contributed by atoms with Crippen molar-refractivity contribution in [2.45, 2.75) is 19.5 Å². The Labute approximate surface area is 117 Å². The molecule has 1 atom stereocenters. The first-order chi connectivity index (χ1) is 9.60. The fourth-order valence-electron chi connectivity index (χ4n) is 2.19. The number of carboxylic acids is 1. The summed E-state index contributed by atoms with van der Waals surface area (Å²) < 4.78 is 5.36. The molecule has 2 rings (SSSR count). The van der Waals surface area contributed by atoms with Gasteiger partial charge in [0.1, 0.15) is 11.8 Å². The van der Waals surface area contributed by atoms with E-state index in [9.17, 15) is 14.7 Å². The van der Waals surface area contributed by atoms with Crippen LogP contribution in [0.25, 0.3) is 0 Å². The highest BCUT2D eigenvalue weighted by molar-refractivity contribution is 5.83. The molecule has 0 aliphatic carbocycles. The number of carbonyl (C=O) groups excluding carboxylic acids is 1. The lowest BCUT2D eigenvalue weighted by molar-refractivity contribution is -0.146. The molecule has 1 aromatic carbocycles. The zero-order valence-electron chi connectivity index (χ0n) is 11.3. The van der Waals surface area contributed by atoms with Gasteiger partial charge in [-0.25, -0.2) is 0 Å². The summed E-state index contributed by atoms with van der Waals surface area (Å²) in [6.07, 6.45) is 0. The van der Waals surface area contributed by atoms with Crippen molar-refractivity contribution in [3.05, 3.63) is 29.8 Å². The van der Waals surface area contributed by atoms with Gasteiger partial charge in [-0.3, -0.25) is 14.5 Å². The van der Waals surface area contributed by atoms with Crippen molar-refractivity contribution in [1.82, 2.24) is 10.2 Å². The topological polar surface area (TPSA) is 78.9 Å². The van der Waals surface area contributed by atoms with Gasteiger partial charge in [-0.15, -0.1) is 0 Å². The van der Waals surface area contributed by atoms with Gasteiger partial charge in [0.25, 0.3) is 0 Å². The van der Waals surface area contributed by atoms with E-state index in [0.29, 0.717) is 13.2 Å². The molecule has 1 aliphatic rings. The second-order valence-electron chi connectivity index (χ2n) is 4.64. The largest absolute Gasteiger partial charge is 0.494 e. The van der Waals surface area contributed by atoms with E-state index in [4.69, 9.17) is 4.74 Å². The van der Waals surface area contributed by atoms with Crippen LogP contribution in [0.3, 0.4) is 0 Å². The number of rotatable bonds is 5. The molecule has 1 saturated heterocycles. The van der Waals surface area contributed by atoms with E-state index in [2.05, 4.69) is 5.32 Å². The SMILES string of the molecule is CCOc1ccc(CN2CC(=O)NCC2C(=O)O)cc1. The first-order valence-corrected chi connectivity index (χ1v) is 6.55. The van der Waals surface area contributed by atoms with Crippen LogP contribution in [0.4, 0.5) is 0 Å². The van der Waals surface area contributed by atoms with Gasteiger partial charge in [-0.2, -0.15) is 0 Å². The molecule has 0 bridgehead atoms. The van der Waals surface area contributed by atoms with Gasteiger partial charge in [0.05, 0.1) is 13.2 Å². The zero-order chi connectivity index (χ0) is 14.5. The number of carboxylic acid groups (broad SMARTS) is 1. The van der Waals surface area contributed by atoms with Crippen molar-refractivity contribution in [2.24, 2.45) is 0 Å². The van der Waals surface area contributed by atoms with Crippen LogP contribution in [0, 0.1) is 0 Å². The highest BCUT2D eigenvalue weighted by Gasteiger charge is 2.31. The van der Waals surface area contributed by atoms with Crippen molar-refractivity contribution in [3.63, 3.8) is 0 Å². The predicted octanol–water partition coefficient (Wildman–Crippen LogP) is 0.470. The number of benzene rings is 1. The number of nitrogens with zero attached hydrogens (tertiary/aromatic N) is 1. The molecule has 1 fully saturated rings. The minimum atomic E-state index is -0.920. The van der Waals surface area contributed by atoms with Gasteiger partial charge in [-0.1, -0.05) is 12.1 Å². The summed E-state index contributed by atoms with van der Waals surface area (Å²) in [5.74, 6) is -0.285. The van der Waals surface area contributed by atoms with E-state index in [1.807, 2.05) is 31.2 Å². The smallest absolute Gasteiger partial charge is 0.322 e. The minimum Gasteiger partial charge on any atom is -0.494 e. The standard InChI is InChI=1S/C14H18N2O4/c1-2-20-11-5-3-10(4-6-11)8-16-9-13(17)15-7-12(16)14(18)19/h3-6,12H,2,7-9H2,1H3,(H,15,17)(H,18,19). The van der Waals surface area contributed by atoms with E-state index in [0.717, 1.165) is 11.3 Å². The van der Waals surface area contributed by atoms with Crippen LogP contribution in [0.5, 0.6) is 5.75 Å². The highest BCUT2D eigenvalue weighted by atomic mass is 16.5. The highest BCUT2D eigenvalue weighted by Crippen LogP contribution is 2.15. The average molecular weight is 278 g/mol. The molecule has 2 N–H and O–H groups in total. The lowest BCUT2D eigenvalue weighted by atomic mass is 10.1. The molecule has 108 valence electrons. The lowest BCUT2D eigenvalue weighted by Crippen LogP contribution is -2.56. The molecule has 0 radical (unpaired) electrons. The van der Waals surface area contributed by atoms with Crippen molar-refractivity contribution < 1.29 is 19.4 Å². The van der Waals surface area contributed by atoms with E-state index in [-0.39, 0.29) is 19.0 Å². The molecule has 6 nitrogen and oxygen atoms in total. The second kappa shape index (κ2) is 6.38. The van der Waals surface area contributed by atoms with Crippen LogP contribution in [-0.2, 0) is 16.1 Å². The fraction of sp³-hybridized carbons (Fsp3) is 0.429. The number of piperazine rings is 1. The van der Waals surface area contributed by atoms with Crippen molar-refractivity contribution >= 4 is 11.9 Å². The molecular weight excluding hydrogens is 260 g/mol. The molecule has 1 aromatic rings. The Morgan fingerprint density at radius 1 is 1.45 bits per heavy atom. The number of carbonyl (C=O) groups is 2. The Balaban J connectivity index is 2.05. The van der Waals surface area contributed by atoms with Gasteiger partial charge < -0.3 is 15.2 Å². The Morgan fingerprint density at radius 3 is 2.75 bits per heavy atom. The van der Waals surface area contributed by atoms with Gasteiger partial charge in [0.2, 0.25) is 5.91 Å². The maximum absolute atomic E-state index is 11.4. The predicted molar refractivity (Wildman–Crippen MR) is 72.5 cm³/mol. The Bertz CT molecular complexity index is 486. The van der Waals surface area contributed by atoms with Crippen LogP contribution in [-0.4, -0.2) is 47.6 Å². The summed E-state index contributed by atoms with van der Waals surface area (Å²) in [6.45, 7) is 3.19.